The first-order chi connectivity index (χ1) is 8.16. The predicted octanol–water partition coefficient (Wildman–Crippen LogP) is 0.688. The van der Waals surface area contributed by atoms with Gasteiger partial charge < -0.3 is 11.1 Å². The van der Waals surface area contributed by atoms with Crippen molar-refractivity contribution in [1.82, 2.24) is 5.32 Å². The zero-order valence-electron chi connectivity index (χ0n) is 12.9. The Hall–Kier alpha value is -0.620. The summed E-state index contributed by atoms with van der Waals surface area (Å²) in [5, 5.41) is 2.88. The number of carbonyl (C=O) groups excluding carboxylic acids is 1. The molecule has 1 aliphatic rings. The van der Waals surface area contributed by atoms with Gasteiger partial charge in [-0.2, -0.15) is 0 Å². The zero-order chi connectivity index (χ0) is 15.4. The molecule has 0 aliphatic heterocycles. The highest BCUT2D eigenvalue weighted by atomic mass is 32.2. The summed E-state index contributed by atoms with van der Waals surface area (Å²) in [5.74, 6) is -0.465. The van der Waals surface area contributed by atoms with Gasteiger partial charge in [0, 0.05) is 29.2 Å². The SMILES string of the molecule is CC1(C)C(N)C(C)(C)C1NC(=O)C(C)(C)S(C)(=O)=O. The lowest BCUT2D eigenvalue weighted by atomic mass is 9.48. The van der Waals surface area contributed by atoms with Crippen LogP contribution >= 0.6 is 0 Å². The van der Waals surface area contributed by atoms with E-state index in [2.05, 4.69) is 5.32 Å². The molecule has 1 amide bonds. The van der Waals surface area contributed by atoms with Crippen LogP contribution in [0.2, 0.25) is 0 Å². The number of sulfone groups is 1. The highest BCUT2D eigenvalue weighted by molar-refractivity contribution is 7.92. The van der Waals surface area contributed by atoms with Crippen molar-refractivity contribution < 1.29 is 13.2 Å². The molecule has 3 N–H and O–H groups in total. The fraction of sp³-hybridized carbons (Fsp3) is 0.923. The lowest BCUT2D eigenvalue weighted by Gasteiger charge is -2.63. The number of nitrogens with two attached hydrogens (primary N) is 1. The van der Waals surface area contributed by atoms with Crippen LogP contribution in [0, 0.1) is 10.8 Å². The van der Waals surface area contributed by atoms with Crippen LogP contribution in [0.5, 0.6) is 0 Å². The Morgan fingerprint density at radius 1 is 1.16 bits per heavy atom. The van der Waals surface area contributed by atoms with Crippen LogP contribution in [0.1, 0.15) is 41.5 Å². The third-order valence-corrected chi connectivity index (χ3v) is 6.88. The molecule has 0 saturated heterocycles. The second kappa shape index (κ2) is 4.19. The van der Waals surface area contributed by atoms with Crippen LogP contribution < -0.4 is 11.1 Å². The van der Waals surface area contributed by atoms with Crippen LogP contribution in [-0.4, -0.2) is 37.4 Å². The van der Waals surface area contributed by atoms with Gasteiger partial charge in [-0.3, -0.25) is 4.79 Å². The highest BCUT2D eigenvalue weighted by Gasteiger charge is 2.61. The molecule has 0 heterocycles. The van der Waals surface area contributed by atoms with E-state index in [1.54, 1.807) is 0 Å². The summed E-state index contributed by atoms with van der Waals surface area (Å²) in [6.07, 6.45) is 1.08. The Morgan fingerprint density at radius 2 is 1.53 bits per heavy atom. The van der Waals surface area contributed by atoms with Gasteiger partial charge in [-0.15, -0.1) is 0 Å². The van der Waals surface area contributed by atoms with Crippen molar-refractivity contribution in [3.05, 3.63) is 0 Å². The van der Waals surface area contributed by atoms with E-state index in [1.807, 2.05) is 27.7 Å². The first kappa shape index (κ1) is 16.4. The van der Waals surface area contributed by atoms with Crippen molar-refractivity contribution in [2.45, 2.75) is 58.4 Å². The topological polar surface area (TPSA) is 89.3 Å². The Kier molecular flexibility index (Phi) is 3.62. The Bertz CT molecular complexity index is 476. The molecule has 0 atom stereocenters. The molecule has 1 saturated carbocycles. The smallest absolute Gasteiger partial charge is 0.241 e. The van der Waals surface area contributed by atoms with Gasteiger partial charge in [0.25, 0.3) is 0 Å². The van der Waals surface area contributed by atoms with Gasteiger partial charge in [-0.05, 0) is 13.8 Å². The van der Waals surface area contributed by atoms with Gasteiger partial charge in [0.2, 0.25) is 5.91 Å². The first-order valence-electron chi connectivity index (χ1n) is 6.43. The van der Waals surface area contributed by atoms with E-state index in [0.717, 1.165) is 6.26 Å². The molecule has 1 rings (SSSR count). The van der Waals surface area contributed by atoms with E-state index < -0.39 is 20.5 Å². The normalized spacial score (nSPS) is 29.5. The summed E-state index contributed by atoms with van der Waals surface area (Å²) in [6.45, 7) is 10.8. The molecule has 6 heteroatoms. The molecular formula is C13H26N2O3S. The molecule has 1 fully saturated rings. The van der Waals surface area contributed by atoms with Gasteiger partial charge in [-0.25, -0.2) is 8.42 Å². The third-order valence-electron chi connectivity index (χ3n) is 4.84. The molecule has 5 nitrogen and oxygen atoms in total. The molecule has 112 valence electrons. The minimum atomic E-state index is -3.46. The predicted molar refractivity (Wildman–Crippen MR) is 76.4 cm³/mol. The fourth-order valence-electron chi connectivity index (χ4n) is 3.03. The van der Waals surface area contributed by atoms with Crippen LogP contribution in [0.4, 0.5) is 0 Å². The molecule has 19 heavy (non-hydrogen) atoms. The van der Waals surface area contributed by atoms with Crippen molar-refractivity contribution in [3.8, 4) is 0 Å². The second-order valence-corrected chi connectivity index (χ2v) is 9.87. The summed E-state index contributed by atoms with van der Waals surface area (Å²) in [6, 6.07) is -0.171. The average Bonchev–Trinajstić information content (AvgIpc) is 2.22. The summed E-state index contributed by atoms with van der Waals surface area (Å²) < 4.78 is 21.9. The van der Waals surface area contributed by atoms with Crippen LogP contribution in [-0.2, 0) is 14.6 Å². The zero-order valence-corrected chi connectivity index (χ0v) is 13.7. The van der Waals surface area contributed by atoms with Gasteiger partial charge in [0.05, 0.1) is 0 Å². The maximum absolute atomic E-state index is 12.3. The first-order valence-corrected chi connectivity index (χ1v) is 8.32. The molecule has 0 bridgehead atoms. The van der Waals surface area contributed by atoms with E-state index in [0.29, 0.717) is 0 Å². The lowest BCUT2D eigenvalue weighted by molar-refractivity contribution is -0.133. The average molecular weight is 290 g/mol. The number of amides is 1. The van der Waals surface area contributed by atoms with Crippen molar-refractivity contribution in [1.29, 1.82) is 0 Å². The second-order valence-electron chi connectivity index (χ2n) is 7.31. The number of hydrogen-bond donors (Lipinski definition) is 2. The molecule has 0 aromatic rings. The van der Waals surface area contributed by atoms with E-state index in [4.69, 9.17) is 5.73 Å². The van der Waals surface area contributed by atoms with Crippen molar-refractivity contribution in [3.63, 3.8) is 0 Å². The Balaban J connectivity index is 2.97. The summed E-state index contributed by atoms with van der Waals surface area (Å²) >= 11 is 0. The van der Waals surface area contributed by atoms with Gasteiger partial charge in [0.1, 0.15) is 4.75 Å². The Morgan fingerprint density at radius 3 is 1.84 bits per heavy atom. The standard InChI is InChI=1S/C13H26N2O3S/c1-11(2)8(14)12(3,4)9(11)15-10(16)13(5,6)19(7,17)18/h8-9H,14H2,1-7H3,(H,15,16). The highest BCUT2D eigenvalue weighted by Crippen LogP contribution is 2.52. The largest absolute Gasteiger partial charge is 0.351 e. The fourth-order valence-corrected chi connectivity index (χ4v) is 3.42. The lowest BCUT2D eigenvalue weighted by Crippen LogP contribution is -2.77. The summed E-state index contributed by atoms with van der Waals surface area (Å²) in [5.41, 5.74) is 5.64. The van der Waals surface area contributed by atoms with Crippen LogP contribution in [0.15, 0.2) is 0 Å². The van der Waals surface area contributed by atoms with Crippen LogP contribution in [0.3, 0.4) is 0 Å². The van der Waals surface area contributed by atoms with Gasteiger partial charge >= 0.3 is 0 Å². The minimum Gasteiger partial charge on any atom is -0.351 e. The summed E-state index contributed by atoms with van der Waals surface area (Å²) in [7, 11) is -3.46. The Labute approximate surface area is 116 Å². The van der Waals surface area contributed by atoms with Crippen molar-refractivity contribution >= 4 is 15.7 Å². The minimum absolute atomic E-state index is 0.0355. The molecule has 0 aromatic carbocycles. The molecule has 0 unspecified atom stereocenters. The van der Waals surface area contributed by atoms with E-state index in [1.165, 1.54) is 13.8 Å². The number of rotatable bonds is 3. The monoisotopic (exact) mass is 290 g/mol. The van der Waals surface area contributed by atoms with E-state index in [9.17, 15) is 13.2 Å². The summed E-state index contributed by atoms with van der Waals surface area (Å²) in [4.78, 5) is 12.3. The maximum Gasteiger partial charge on any atom is 0.241 e. The third kappa shape index (κ3) is 2.29. The van der Waals surface area contributed by atoms with Crippen molar-refractivity contribution in [2.24, 2.45) is 16.6 Å². The molecule has 0 radical (unpaired) electrons. The number of nitrogens with one attached hydrogen (secondary N) is 1. The molecule has 0 spiro atoms. The van der Waals surface area contributed by atoms with Crippen molar-refractivity contribution in [2.75, 3.05) is 6.26 Å². The maximum atomic E-state index is 12.3. The molecule has 1 aliphatic carbocycles. The number of carbonyl (C=O) groups is 1. The quantitative estimate of drug-likeness (QED) is 0.800. The van der Waals surface area contributed by atoms with E-state index >= 15 is 0 Å². The van der Waals surface area contributed by atoms with Gasteiger partial charge in [-0.1, -0.05) is 27.7 Å². The van der Waals surface area contributed by atoms with Gasteiger partial charge in [0.15, 0.2) is 9.84 Å². The molecule has 0 aromatic heterocycles. The molecular weight excluding hydrogens is 264 g/mol. The van der Waals surface area contributed by atoms with E-state index in [-0.39, 0.29) is 22.9 Å². The van der Waals surface area contributed by atoms with Crippen LogP contribution in [0.25, 0.3) is 0 Å². The number of hydrogen-bond acceptors (Lipinski definition) is 4.